The van der Waals surface area contributed by atoms with Gasteiger partial charge in [-0.3, -0.25) is 4.79 Å². The van der Waals surface area contributed by atoms with E-state index in [-0.39, 0.29) is 22.9 Å². The molecule has 9 heteroatoms. The number of rotatable bonds is 7. The van der Waals surface area contributed by atoms with Gasteiger partial charge in [0.25, 0.3) is 5.91 Å². The molecule has 2 heterocycles. The zero-order valence-electron chi connectivity index (χ0n) is 15.9. The molecule has 0 spiro atoms. The average molecular weight is 428 g/mol. The summed E-state index contributed by atoms with van der Waals surface area (Å²) in [5.74, 6) is -2.40. The van der Waals surface area contributed by atoms with Gasteiger partial charge < -0.3 is 14.8 Å². The van der Waals surface area contributed by atoms with Crippen molar-refractivity contribution >= 4 is 34.2 Å². The highest BCUT2D eigenvalue weighted by molar-refractivity contribution is 7.15. The summed E-state index contributed by atoms with van der Waals surface area (Å²) in [5.41, 5.74) is 1.32. The highest BCUT2D eigenvalue weighted by atomic mass is 32.1. The van der Waals surface area contributed by atoms with E-state index in [0.717, 1.165) is 11.3 Å². The van der Waals surface area contributed by atoms with E-state index in [9.17, 15) is 18.8 Å². The molecule has 0 aliphatic rings. The van der Waals surface area contributed by atoms with Crippen molar-refractivity contribution in [1.82, 2.24) is 4.98 Å². The predicted octanol–water partition coefficient (Wildman–Crippen LogP) is 3.92. The van der Waals surface area contributed by atoms with E-state index >= 15 is 0 Å². The van der Waals surface area contributed by atoms with Gasteiger partial charge in [-0.2, -0.15) is 0 Å². The predicted molar refractivity (Wildman–Crippen MR) is 109 cm³/mol. The van der Waals surface area contributed by atoms with Gasteiger partial charge >= 0.3 is 11.9 Å². The van der Waals surface area contributed by atoms with Crippen LogP contribution in [0.25, 0.3) is 11.1 Å². The van der Waals surface area contributed by atoms with Crippen LogP contribution in [0.2, 0.25) is 0 Å². The second-order valence-electron chi connectivity index (χ2n) is 5.92. The van der Waals surface area contributed by atoms with Gasteiger partial charge in [0, 0.05) is 17.1 Å². The molecule has 1 amide bonds. The summed E-state index contributed by atoms with van der Waals surface area (Å²) >= 11 is 1.11. The lowest BCUT2D eigenvalue weighted by Crippen LogP contribution is -2.22. The molecule has 0 atom stereocenters. The molecule has 0 aliphatic carbocycles. The van der Waals surface area contributed by atoms with Crippen molar-refractivity contribution in [2.24, 2.45) is 0 Å². The van der Waals surface area contributed by atoms with Crippen LogP contribution in [0.5, 0.6) is 0 Å². The minimum absolute atomic E-state index is 0.0761. The quantitative estimate of drug-likeness (QED) is 0.573. The summed E-state index contributed by atoms with van der Waals surface area (Å²) in [6.45, 7) is 1.26. The largest absolute Gasteiger partial charge is 0.462 e. The van der Waals surface area contributed by atoms with Crippen molar-refractivity contribution in [1.29, 1.82) is 0 Å². The number of nitrogens with one attached hydrogen (secondary N) is 1. The second-order valence-corrected chi connectivity index (χ2v) is 6.80. The lowest BCUT2D eigenvalue weighted by Gasteiger charge is -2.09. The molecule has 2 aromatic heterocycles. The van der Waals surface area contributed by atoms with Crippen LogP contribution in [0.3, 0.4) is 0 Å². The Labute approximate surface area is 175 Å². The summed E-state index contributed by atoms with van der Waals surface area (Å²) < 4.78 is 23.3. The number of benzene rings is 1. The number of hydrogen-bond acceptors (Lipinski definition) is 7. The van der Waals surface area contributed by atoms with E-state index in [0.29, 0.717) is 11.1 Å². The molecule has 1 N–H and O–H groups in total. The minimum atomic E-state index is -0.741. The van der Waals surface area contributed by atoms with Crippen LogP contribution in [-0.4, -0.2) is 36.0 Å². The van der Waals surface area contributed by atoms with E-state index in [1.54, 1.807) is 24.4 Å². The van der Waals surface area contributed by atoms with Gasteiger partial charge in [-0.15, -0.1) is 11.3 Å². The number of ether oxygens (including phenoxy) is 2. The molecule has 0 saturated carbocycles. The first-order valence-electron chi connectivity index (χ1n) is 8.92. The van der Waals surface area contributed by atoms with Crippen molar-refractivity contribution in [2.45, 2.75) is 6.92 Å². The molecule has 7 nitrogen and oxygen atoms in total. The number of esters is 2. The maximum atomic E-state index is 13.2. The Hall–Kier alpha value is -3.59. The highest BCUT2D eigenvalue weighted by Gasteiger charge is 2.23. The molecule has 1 aromatic carbocycles. The summed E-state index contributed by atoms with van der Waals surface area (Å²) in [4.78, 5) is 40.5. The Morgan fingerprint density at radius 3 is 2.50 bits per heavy atom. The van der Waals surface area contributed by atoms with E-state index in [1.807, 2.05) is 0 Å². The van der Waals surface area contributed by atoms with E-state index < -0.39 is 30.3 Å². The van der Waals surface area contributed by atoms with Gasteiger partial charge in [-0.05, 0) is 36.8 Å². The molecule has 30 heavy (non-hydrogen) atoms. The lowest BCUT2D eigenvalue weighted by atomic mass is 10.0. The fourth-order valence-corrected chi connectivity index (χ4v) is 3.52. The molecule has 3 aromatic rings. The van der Waals surface area contributed by atoms with Gasteiger partial charge in [-0.25, -0.2) is 19.0 Å². The second kappa shape index (κ2) is 9.75. The SMILES string of the molecule is CCOC(=O)c1c(-c2ccc(F)cc2)csc1NC(=O)COC(=O)c1ccccn1. The number of halogens is 1. The van der Waals surface area contributed by atoms with Gasteiger partial charge in [-0.1, -0.05) is 18.2 Å². The highest BCUT2D eigenvalue weighted by Crippen LogP contribution is 2.36. The first-order chi connectivity index (χ1) is 14.5. The maximum Gasteiger partial charge on any atom is 0.357 e. The molecule has 0 aliphatic heterocycles. The average Bonchev–Trinajstić information content (AvgIpc) is 3.17. The molecule has 0 unspecified atom stereocenters. The van der Waals surface area contributed by atoms with Gasteiger partial charge in [0.1, 0.15) is 22.1 Å². The summed E-state index contributed by atoms with van der Waals surface area (Å²) in [7, 11) is 0. The number of carbonyl (C=O) groups excluding carboxylic acids is 3. The molecule has 154 valence electrons. The van der Waals surface area contributed by atoms with E-state index in [1.165, 1.54) is 36.5 Å². The number of anilines is 1. The molecular formula is C21H17FN2O5S. The van der Waals surface area contributed by atoms with Crippen LogP contribution in [-0.2, 0) is 14.3 Å². The number of pyridine rings is 1. The van der Waals surface area contributed by atoms with Crippen molar-refractivity contribution in [2.75, 3.05) is 18.5 Å². The molecule has 0 bridgehead atoms. The lowest BCUT2D eigenvalue weighted by molar-refractivity contribution is -0.119. The number of thiophene rings is 1. The first kappa shape index (κ1) is 21.1. The molecular weight excluding hydrogens is 411 g/mol. The van der Waals surface area contributed by atoms with Crippen molar-refractivity contribution in [3.05, 3.63) is 71.1 Å². The van der Waals surface area contributed by atoms with Crippen LogP contribution >= 0.6 is 11.3 Å². The number of nitrogens with zero attached hydrogens (tertiary/aromatic N) is 1. The fourth-order valence-electron chi connectivity index (χ4n) is 2.55. The van der Waals surface area contributed by atoms with E-state index in [2.05, 4.69) is 10.3 Å². The number of carbonyl (C=O) groups is 3. The van der Waals surface area contributed by atoms with Crippen LogP contribution in [0.4, 0.5) is 9.39 Å². The van der Waals surface area contributed by atoms with Crippen LogP contribution in [0.15, 0.2) is 54.0 Å². The Morgan fingerprint density at radius 2 is 1.83 bits per heavy atom. The number of amides is 1. The maximum absolute atomic E-state index is 13.2. The monoisotopic (exact) mass is 428 g/mol. The summed E-state index contributed by atoms with van der Waals surface area (Å²) in [6, 6.07) is 10.3. The topological polar surface area (TPSA) is 94.6 Å². The van der Waals surface area contributed by atoms with Gasteiger partial charge in [0.15, 0.2) is 6.61 Å². The third-order valence-corrected chi connectivity index (χ3v) is 4.78. The number of hydrogen-bond donors (Lipinski definition) is 1. The zero-order valence-corrected chi connectivity index (χ0v) is 16.7. The van der Waals surface area contributed by atoms with Crippen LogP contribution in [0.1, 0.15) is 27.8 Å². The fraction of sp³-hybridized carbons (Fsp3) is 0.143. The third kappa shape index (κ3) is 5.06. The van der Waals surface area contributed by atoms with Gasteiger partial charge in [0.2, 0.25) is 0 Å². The Bertz CT molecular complexity index is 1050. The molecule has 0 saturated heterocycles. The Balaban J connectivity index is 1.76. The molecule has 0 fully saturated rings. The van der Waals surface area contributed by atoms with Crippen molar-refractivity contribution in [3.8, 4) is 11.1 Å². The first-order valence-corrected chi connectivity index (χ1v) is 9.80. The normalized spacial score (nSPS) is 10.3. The summed E-state index contributed by atoms with van der Waals surface area (Å²) in [6.07, 6.45) is 1.44. The molecule has 0 radical (unpaired) electrons. The van der Waals surface area contributed by atoms with Crippen molar-refractivity contribution < 1.29 is 28.2 Å². The molecule has 3 rings (SSSR count). The van der Waals surface area contributed by atoms with E-state index in [4.69, 9.17) is 9.47 Å². The van der Waals surface area contributed by atoms with Crippen molar-refractivity contribution in [3.63, 3.8) is 0 Å². The van der Waals surface area contributed by atoms with Gasteiger partial charge in [0.05, 0.1) is 6.61 Å². The zero-order chi connectivity index (χ0) is 21.5. The Kier molecular flexibility index (Phi) is 6.87. The number of aromatic nitrogens is 1. The standard InChI is InChI=1S/C21H17FN2O5S/c1-2-28-21(27)18-15(13-6-8-14(22)9-7-13)12-30-19(18)24-17(25)11-29-20(26)16-5-3-4-10-23-16/h3-10,12H,2,11H2,1H3,(H,24,25). The smallest absolute Gasteiger partial charge is 0.357 e. The minimum Gasteiger partial charge on any atom is -0.462 e. The van der Waals surface area contributed by atoms with Crippen LogP contribution < -0.4 is 5.32 Å². The summed E-state index contributed by atoms with van der Waals surface area (Å²) in [5, 5.41) is 4.47. The third-order valence-electron chi connectivity index (χ3n) is 3.89. The van der Waals surface area contributed by atoms with Crippen LogP contribution in [0, 0.1) is 5.82 Å². The Morgan fingerprint density at radius 1 is 1.07 bits per heavy atom.